The van der Waals surface area contributed by atoms with Gasteiger partial charge in [-0.05, 0) is 54.7 Å². The van der Waals surface area contributed by atoms with Gasteiger partial charge in [0.05, 0.1) is 6.54 Å². The van der Waals surface area contributed by atoms with Gasteiger partial charge in [-0.15, -0.1) is 0 Å². The lowest BCUT2D eigenvalue weighted by molar-refractivity contribution is -0.0417. The van der Waals surface area contributed by atoms with E-state index in [2.05, 4.69) is 52.3 Å². The number of anilines is 1. The van der Waals surface area contributed by atoms with Gasteiger partial charge in [-0.3, -0.25) is 4.90 Å². The predicted molar refractivity (Wildman–Crippen MR) is 110 cm³/mol. The van der Waals surface area contributed by atoms with E-state index in [4.69, 9.17) is 4.74 Å². The number of benzene rings is 2. The van der Waals surface area contributed by atoms with Crippen molar-refractivity contribution in [3.05, 3.63) is 66.2 Å². The fraction of sp³-hybridized carbons (Fsp3) is 0.391. The lowest BCUT2D eigenvalue weighted by atomic mass is 10.1. The van der Waals surface area contributed by atoms with Crippen molar-refractivity contribution in [2.24, 2.45) is 0 Å². The minimum absolute atomic E-state index is 0.537. The van der Waals surface area contributed by atoms with Crippen molar-refractivity contribution >= 4 is 11.3 Å². The van der Waals surface area contributed by atoms with E-state index in [0.717, 1.165) is 38.3 Å². The molecule has 1 saturated heterocycles. The lowest BCUT2D eigenvalue weighted by Gasteiger charge is -2.36. The third kappa shape index (κ3) is 4.71. The number of β-amino-alcohol motifs (C(OH)–C–C–N with tert-alkyl or cyclic N) is 1. The number of aliphatic hydroxyl groups is 1. The Morgan fingerprint density at radius 3 is 2.33 bits per heavy atom. The summed E-state index contributed by atoms with van der Waals surface area (Å²) < 4.78 is 5.73. The molecule has 0 aromatic heterocycles. The van der Waals surface area contributed by atoms with E-state index >= 15 is 0 Å². The molecule has 1 unspecified atom stereocenters. The molecule has 142 valence electrons. The molecule has 2 aliphatic rings. The largest absolute Gasteiger partial charge is 0.464 e. The van der Waals surface area contributed by atoms with E-state index in [0.29, 0.717) is 6.54 Å². The highest BCUT2D eigenvalue weighted by atomic mass is 16.6. The smallest absolute Gasteiger partial charge is 0.210 e. The molecule has 0 radical (unpaired) electrons. The number of rotatable bonds is 6. The maximum Gasteiger partial charge on any atom is 0.210 e. The van der Waals surface area contributed by atoms with E-state index < -0.39 is 6.29 Å². The molecule has 1 heterocycles. The van der Waals surface area contributed by atoms with Crippen molar-refractivity contribution in [1.82, 2.24) is 4.90 Å². The van der Waals surface area contributed by atoms with Crippen LogP contribution in [0.25, 0.3) is 5.57 Å². The van der Waals surface area contributed by atoms with Crippen molar-refractivity contribution in [2.75, 3.05) is 37.6 Å². The van der Waals surface area contributed by atoms with Crippen LogP contribution in [0.1, 0.15) is 24.8 Å². The summed E-state index contributed by atoms with van der Waals surface area (Å²) in [5.74, 6) is 0.729. The zero-order valence-corrected chi connectivity index (χ0v) is 15.8. The summed E-state index contributed by atoms with van der Waals surface area (Å²) in [5, 5.41) is 10.3. The quantitative estimate of drug-likeness (QED) is 0.792. The van der Waals surface area contributed by atoms with Crippen LogP contribution in [0.2, 0.25) is 0 Å². The SMILES string of the molecule is OC(CN1CCN(c2ccccc2)CC1)Oc1ccc(C2=CCCC2)cc1. The second kappa shape index (κ2) is 8.59. The molecule has 0 spiro atoms. The zero-order chi connectivity index (χ0) is 18.5. The van der Waals surface area contributed by atoms with Gasteiger partial charge in [-0.1, -0.05) is 36.4 Å². The van der Waals surface area contributed by atoms with E-state index in [1.54, 1.807) is 0 Å². The van der Waals surface area contributed by atoms with Crippen molar-refractivity contribution in [2.45, 2.75) is 25.6 Å². The van der Waals surface area contributed by atoms with Gasteiger partial charge in [-0.2, -0.15) is 0 Å². The fourth-order valence-electron chi connectivity index (χ4n) is 3.92. The van der Waals surface area contributed by atoms with Crippen molar-refractivity contribution in [1.29, 1.82) is 0 Å². The Hall–Kier alpha value is -2.30. The maximum absolute atomic E-state index is 10.3. The first-order valence-electron chi connectivity index (χ1n) is 9.94. The number of ether oxygens (including phenoxy) is 1. The first kappa shape index (κ1) is 18.1. The van der Waals surface area contributed by atoms with Crippen LogP contribution in [0.15, 0.2) is 60.7 Å². The third-order valence-corrected chi connectivity index (χ3v) is 5.45. The average molecular weight is 364 g/mol. The number of hydrogen-bond donors (Lipinski definition) is 1. The van der Waals surface area contributed by atoms with Crippen molar-refractivity contribution in [3.8, 4) is 5.75 Å². The minimum Gasteiger partial charge on any atom is -0.464 e. The van der Waals surface area contributed by atoms with Gasteiger partial charge in [0.1, 0.15) is 5.75 Å². The highest BCUT2D eigenvalue weighted by Gasteiger charge is 2.20. The predicted octanol–water partition coefficient (Wildman–Crippen LogP) is 3.77. The normalized spacial score (nSPS) is 19.0. The summed E-state index contributed by atoms with van der Waals surface area (Å²) in [6.07, 6.45) is 5.12. The van der Waals surface area contributed by atoms with E-state index in [1.165, 1.54) is 29.7 Å². The van der Waals surface area contributed by atoms with Crippen LogP contribution >= 0.6 is 0 Å². The summed E-state index contributed by atoms with van der Waals surface area (Å²) >= 11 is 0. The molecular weight excluding hydrogens is 336 g/mol. The molecule has 1 atom stereocenters. The Labute approximate surface area is 161 Å². The summed E-state index contributed by atoms with van der Waals surface area (Å²) in [7, 11) is 0. The molecule has 2 aromatic carbocycles. The molecule has 1 aliphatic carbocycles. The molecular formula is C23H28N2O2. The maximum atomic E-state index is 10.3. The minimum atomic E-state index is -0.801. The first-order chi connectivity index (χ1) is 13.3. The van der Waals surface area contributed by atoms with E-state index in [9.17, 15) is 5.11 Å². The molecule has 0 bridgehead atoms. The van der Waals surface area contributed by atoms with Gasteiger partial charge < -0.3 is 14.7 Å². The van der Waals surface area contributed by atoms with Crippen LogP contribution in [0.5, 0.6) is 5.75 Å². The first-order valence-corrected chi connectivity index (χ1v) is 9.94. The van der Waals surface area contributed by atoms with Crippen LogP contribution in [0, 0.1) is 0 Å². The highest BCUT2D eigenvalue weighted by molar-refractivity contribution is 5.67. The summed E-state index contributed by atoms with van der Waals surface area (Å²) in [5.41, 5.74) is 3.97. The molecule has 4 rings (SSSR count). The molecule has 27 heavy (non-hydrogen) atoms. The lowest BCUT2D eigenvalue weighted by Crippen LogP contribution is -2.49. The van der Waals surface area contributed by atoms with Crippen LogP contribution in [-0.2, 0) is 0 Å². The summed E-state index contributed by atoms with van der Waals surface area (Å²) in [6, 6.07) is 18.6. The second-order valence-corrected chi connectivity index (χ2v) is 7.34. The zero-order valence-electron chi connectivity index (χ0n) is 15.8. The van der Waals surface area contributed by atoms with Crippen molar-refractivity contribution in [3.63, 3.8) is 0 Å². The molecule has 1 N–H and O–H groups in total. The van der Waals surface area contributed by atoms with Gasteiger partial charge >= 0.3 is 0 Å². The van der Waals surface area contributed by atoms with Gasteiger partial charge in [0, 0.05) is 31.9 Å². The van der Waals surface area contributed by atoms with Crippen LogP contribution in [-0.4, -0.2) is 49.0 Å². The number of allylic oxidation sites excluding steroid dienone is 2. The Bertz CT molecular complexity index is 750. The molecule has 1 fully saturated rings. The monoisotopic (exact) mass is 364 g/mol. The van der Waals surface area contributed by atoms with Gasteiger partial charge in [0.25, 0.3) is 0 Å². The fourth-order valence-corrected chi connectivity index (χ4v) is 3.92. The molecule has 4 nitrogen and oxygen atoms in total. The third-order valence-electron chi connectivity index (χ3n) is 5.45. The number of nitrogens with zero attached hydrogens (tertiary/aromatic N) is 2. The summed E-state index contributed by atoms with van der Waals surface area (Å²) in [4.78, 5) is 4.65. The van der Waals surface area contributed by atoms with E-state index in [1.807, 2.05) is 18.2 Å². The second-order valence-electron chi connectivity index (χ2n) is 7.34. The molecule has 0 amide bonds. The van der Waals surface area contributed by atoms with E-state index in [-0.39, 0.29) is 0 Å². The standard InChI is InChI=1S/C23H28N2O2/c26-23(27-22-12-10-20(11-13-22)19-6-4-5-7-19)18-24-14-16-25(17-15-24)21-8-2-1-3-9-21/h1-3,6,8-13,23,26H,4-5,7,14-18H2. The number of piperazine rings is 1. The van der Waals surface area contributed by atoms with Gasteiger partial charge in [0.15, 0.2) is 0 Å². The highest BCUT2D eigenvalue weighted by Crippen LogP contribution is 2.28. The number of aliphatic hydroxyl groups excluding tert-OH is 1. The van der Waals surface area contributed by atoms with Crippen molar-refractivity contribution < 1.29 is 9.84 Å². The van der Waals surface area contributed by atoms with Gasteiger partial charge in [-0.25, -0.2) is 0 Å². The van der Waals surface area contributed by atoms with Crippen LogP contribution in [0.4, 0.5) is 5.69 Å². The number of para-hydroxylation sites is 1. The Morgan fingerprint density at radius 1 is 0.926 bits per heavy atom. The molecule has 4 heteroatoms. The average Bonchev–Trinajstić information content (AvgIpc) is 3.25. The summed E-state index contributed by atoms with van der Waals surface area (Å²) in [6.45, 7) is 4.35. The Morgan fingerprint density at radius 2 is 1.67 bits per heavy atom. The Balaban J connectivity index is 1.24. The number of hydrogen-bond acceptors (Lipinski definition) is 4. The topological polar surface area (TPSA) is 35.9 Å². The van der Waals surface area contributed by atoms with Gasteiger partial charge in [0.2, 0.25) is 6.29 Å². The Kier molecular flexibility index (Phi) is 5.75. The molecule has 1 aliphatic heterocycles. The van der Waals surface area contributed by atoms with Crippen LogP contribution < -0.4 is 9.64 Å². The molecule has 0 saturated carbocycles. The molecule has 2 aromatic rings. The van der Waals surface area contributed by atoms with Crippen LogP contribution in [0.3, 0.4) is 0 Å².